The molecule has 0 heterocycles. The van der Waals surface area contributed by atoms with Gasteiger partial charge in [0.15, 0.2) is 0 Å². The molecule has 2 aromatic rings. The Morgan fingerprint density at radius 2 is 1.93 bits per heavy atom. The van der Waals surface area contributed by atoms with Crippen LogP contribution in [0.5, 0.6) is 5.75 Å². The molecule has 2 aromatic carbocycles. The van der Waals surface area contributed by atoms with Crippen LogP contribution in [0.2, 0.25) is 10.0 Å². The van der Waals surface area contributed by atoms with E-state index in [0.717, 1.165) is 0 Å². The Labute approximate surface area is 177 Å². The van der Waals surface area contributed by atoms with Crippen LogP contribution in [-0.2, 0) is 4.79 Å². The van der Waals surface area contributed by atoms with Crippen LogP contribution in [0.15, 0.2) is 30.3 Å². The summed E-state index contributed by atoms with van der Waals surface area (Å²) in [5, 5.41) is 31.9. The van der Waals surface area contributed by atoms with Crippen LogP contribution < -0.4 is 11.2 Å². The van der Waals surface area contributed by atoms with Crippen molar-refractivity contribution in [2.75, 3.05) is 5.32 Å². The molecule has 0 saturated heterocycles. The monoisotopic (exact) mass is 436 g/mol. The fourth-order valence-corrected chi connectivity index (χ4v) is 2.90. The van der Waals surface area contributed by atoms with Gasteiger partial charge in [-0.3, -0.25) is 9.59 Å². The first-order valence-electron chi connectivity index (χ1n) is 8.33. The molecular formula is C19H18Cl2N4O4. The number of amides is 2. The molecule has 152 valence electrons. The number of aromatic hydroxyl groups is 1. The first-order valence-corrected chi connectivity index (χ1v) is 9.09. The summed E-state index contributed by atoms with van der Waals surface area (Å²) in [6.07, 6.45) is -1.22. The maximum absolute atomic E-state index is 12.8. The zero-order chi connectivity index (χ0) is 21.9. The number of benzene rings is 2. The zero-order valence-electron chi connectivity index (χ0n) is 15.5. The molecule has 0 aliphatic carbocycles. The summed E-state index contributed by atoms with van der Waals surface area (Å²) in [7, 11) is 0. The van der Waals surface area contributed by atoms with E-state index in [2.05, 4.69) is 5.32 Å². The van der Waals surface area contributed by atoms with Crippen molar-refractivity contribution in [2.24, 2.45) is 5.84 Å². The average molecular weight is 437 g/mol. The van der Waals surface area contributed by atoms with Gasteiger partial charge in [0.2, 0.25) is 0 Å². The quantitative estimate of drug-likeness (QED) is 0.320. The molecular weight excluding hydrogens is 419 g/mol. The van der Waals surface area contributed by atoms with E-state index in [-0.39, 0.29) is 26.9 Å². The Morgan fingerprint density at radius 1 is 1.28 bits per heavy atom. The van der Waals surface area contributed by atoms with Crippen molar-refractivity contribution in [1.29, 1.82) is 5.26 Å². The number of anilines is 1. The van der Waals surface area contributed by atoms with Crippen LogP contribution in [0.3, 0.4) is 0 Å². The maximum atomic E-state index is 12.8. The fraction of sp³-hybridized carbons (Fsp3) is 0.211. The van der Waals surface area contributed by atoms with E-state index < -0.39 is 24.0 Å². The molecule has 0 spiro atoms. The lowest BCUT2D eigenvalue weighted by molar-refractivity contribution is -0.131. The lowest BCUT2D eigenvalue weighted by Gasteiger charge is -2.26. The Morgan fingerprint density at radius 3 is 2.48 bits per heavy atom. The van der Waals surface area contributed by atoms with Gasteiger partial charge in [-0.2, -0.15) is 5.26 Å². The highest BCUT2D eigenvalue weighted by Crippen LogP contribution is 2.28. The highest BCUT2D eigenvalue weighted by molar-refractivity contribution is 6.33. The highest BCUT2D eigenvalue weighted by Gasteiger charge is 2.31. The van der Waals surface area contributed by atoms with Gasteiger partial charge in [0.1, 0.15) is 17.9 Å². The van der Waals surface area contributed by atoms with Gasteiger partial charge in [-0.15, -0.1) is 0 Å². The molecule has 0 bridgehead atoms. The first-order chi connectivity index (χ1) is 13.6. The number of phenols is 1. The lowest BCUT2D eigenvalue weighted by atomic mass is 10.1. The maximum Gasteiger partial charge on any atom is 0.274 e. The molecule has 2 rings (SSSR count). The average Bonchev–Trinajstić information content (AvgIpc) is 2.69. The molecule has 0 aromatic heterocycles. The molecule has 0 aliphatic heterocycles. The van der Waals surface area contributed by atoms with E-state index in [0.29, 0.717) is 16.3 Å². The summed E-state index contributed by atoms with van der Waals surface area (Å²) in [5.74, 6) is 3.68. The van der Waals surface area contributed by atoms with Crippen molar-refractivity contribution in [3.05, 3.63) is 57.1 Å². The van der Waals surface area contributed by atoms with Crippen molar-refractivity contribution >= 4 is 40.7 Å². The van der Waals surface area contributed by atoms with E-state index >= 15 is 0 Å². The largest absolute Gasteiger partial charge is 0.506 e. The normalized spacial score (nSPS) is 12.6. The van der Waals surface area contributed by atoms with Gasteiger partial charge in [-0.1, -0.05) is 23.2 Å². The first kappa shape index (κ1) is 22.5. The minimum absolute atomic E-state index is 0.0226. The summed E-state index contributed by atoms with van der Waals surface area (Å²) >= 11 is 11.9. The number of rotatable bonds is 5. The van der Waals surface area contributed by atoms with Crippen molar-refractivity contribution in [3.63, 3.8) is 0 Å². The lowest BCUT2D eigenvalue weighted by Crippen LogP contribution is -2.53. The number of phenolic OH excluding ortho intramolecular Hbond substituents is 1. The summed E-state index contributed by atoms with van der Waals surface area (Å²) in [4.78, 5) is 25.3. The number of aliphatic hydroxyl groups excluding tert-OH is 1. The van der Waals surface area contributed by atoms with E-state index in [9.17, 15) is 19.8 Å². The number of imide groups is 1. The number of carbonyl (C=O) groups is 2. The third kappa shape index (κ3) is 4.78. The van der Waals surface area contributed by atoms with Crippen molar-refractivity contribution < 1.29 is 19.8 Å². The van der Waals surface area contributed by atoms with Gasteiger partial charge in [0.25, 0.3) is 11.8 Å². The molecule has 0 saturated carbocycles. The number of carbonyl (C=O) groups excluding carboxylic acids is 2. The third-order valence-electron chi connectivity index (χ3n) is 4.22. The van der Waals surface area contributed by atoms with Gasteiger partial charge in [-0.25, -0.2) is 10.9 Å². The topological polar surface area (TPSA) is 140 Å². The number of hydrogen-bond acceptors (Lipinski definition) is 7. The second kappa shape index (κ2) is 9.11. The van der Waals surface area contributed by atoms with Gasteiger partial charge in [0, 0.05) is 11.3 Å². The van der Waals surface area contributed by atoms with E-state index in [1.807, 2.05) is 6.07 Å². The minimum Gasteiger partial charge on any atom is -0.506 e. The van der Waals surface area contributed by atoms with Crippen molar-refractivity contribution in [3.8, 4) is 11.8 Å². The van der Waals surface area contributed by atoms with Crippen LogP contribution in [0.25, 0.3) is 0 Å². The Hall–Kier alpha value is -2.83. The van der Waals surface area contributed by atoms with Gasteiger partial charge >= 0.3 is 0 Å². The smallest absolute Gasteiger partial charge is 0.274 e. The fourth-order valence-electron chi connectivity index (χ4n) is 2.51. The molecule has 0 fully saturated rings. The number of nitrogens with zero attached hydrogens (tertiary/aromatic N) is 2. The Bertz CT molecular complexity index is 1000. The van der Waals surface area contributed by atoms with Crippen LogP contribution >= 0.6 is 23.2 Å². The zero-order valence-corrected chi connectivity index (χ0v) is 17.0. The number of hydrogen-bond donors (Lipinski definition) is 4. The van der Waals surface area contributed by atoms with E-state index in [1.54, 1.807) is 6.92 Å². The number of aliphatic hydroxyl groups is 1. The summed E-state index contributed by atoms with van der Waals surface area (Å²) in [6.45, 7) is 2.99. The van der Waals surface area contributed by atoms with Crippen LogP contribution in [0.1, 0.15) is 28.4 Å². The molecule has 8 nitrogen and oxygen atoms in total. The molecule has 29 heavy (non-hydrogen) atoms. The molecule has 5 N–H and O–H groups in total. The Kier molecular flexibility index (Phi) is 7.06. The predicted molar refractivity (Wildman–Crippen MR) is 108 cm³/mol. The second-order valence-corrected chi connectivity index (χ2v) is 7.04. The van der Waals surface area contributed by atoms with Gasteiger partial charge in [-0.05, 0) is 49.7 Å². The van der Waals surface area contributed by atoms with Crippen LogP contribution in [-0.4, -0.2) is 39.2 Å². The minimum atomic E-state index is -1.28. The number of hydrazine groups is 1. The number of nitrogens with one attached hydrogen (secondary N) is 1. The summed E-state index contributed by atoms with van der Waals surface area (Å²) in [5.41, 5.74) is 1.12. The van der Waals surface area contributed by atoms with Crippen molar-refractivity contribution in [1.82, 2.24) is 5.01 Å². The molecule has 2 amide bonds. The summed E-state index contributed by atoms with van der Waals surface area (Å²) in [6, 6.07) is 7.28. The molecule has 2 atom stereocenters. The number of nitriles is 1. The van der Waals surface area contributed by atoms with E-state index in [1.165, 1.54) is 37.3 Å². The third-order valence-corrected chi connectivity index (χ3v) is 5.01. The van der Waals surface area contributed by atoms with Crippen LogP contribution in [0.4, 0.5) is 5.69 Å². The van der Waals surface area contributed by atoms with Crippen LogP contribution in [0, 0.1) is 18.3 Å². The number of nitrogens with two attached hydrogens (primary N) is 1. The molecule has 0 aliphatic rings. The van der Waals surface area contributed by atoms with Gasteiger partial charge < -0.3 is 15.5 Å². The summed E-state index contributed by atoms with van der Waals surface area (Å²) < 4.78 is 0. The highest BCUT2D eigenvalue weighted by atomic mass is 35.5. The van der Waals surface area contributed by atoms with Crippen molar-refractivity contribution in [2.45, 2.75) is 26.0 Å². The number of halogens is 2. The van der Waals surface area contributed by atoms with Gasteiger partial charge in [0.05, 0.1) is 21.7 Å². The standard InChI is InChI=1S/C19H18Cl2N4O4/c1-9-14(5-3-12(8-22)16(9)21)24-17(10(2)26)19(29)25(23)18(28)11-4-6-15(27)13(20)7-11/h3-7,10,17,24,26-27H,23H2,1-2H3. The SMILES string of the molecule is Cc1c(NC(C(=O)N(N)C(=O)c2ccc(O)c(Cl)c2)C(C)O)ccc(C#N)c1Cl. The second-order valence-electron chi connectivity index (χ2n) is 6.25. The molecule has 10 heteroatoms. The Balaban J connectivity index is 2.29. The van der Waals surface area contributed by atoms with E-state index in [4.69, 9.17) is 34.3 Å². The predicted octanol–water partition coefficient (Wildman–Crippen LogP) is 2.58. The molecule has 0 radical (unpaired) electrons. The molecule has 2 unspecified atom stereocenters.